The quantitative estimate of drug-likeness (QED) is 0.617. The van der Waals surface area contributed by atoms with Crippen molar-refractivity contribution in [1.82, 2.24) is 0 Å². The minimum Gasteiger partial charge on any atom is -0.388 e. The third kappa shape index (κ3) is 8.56. The second-order valence-corrected chi connectivity index (χ2v) is 3.88. The zero-order valence-electron chi connectivity index (χ0n) is 10.8. The Bertz CT molecular complexity index is 236. The van der Waals surface area contributed by atoms with Gasteiger partial charge in [0.25, 0.3) is 0 Å². The molecule has 0 saturated heterocycles. The van der Waals surface area contributed by atoms with Gasteiger partial charge in [-0.15, -0.1) is 0 Å². The molecule has 1 fully saturated rings. The molecule has 2 atom stereocenters. The summed E-state index contributed by atoms with van der Waals surface area (Å²) < 4.78 is 0. The summed E-state index contributed by atoms with van der Waals surface area (Å²) >= 11 is 0. The van der Waals surface area contributed by atoms with E-state index in [1.807, 2.05) is 19.1 Å². The fourth-order valence-corrected chi connectivity index (χ4v) is 1.86. The van der Waals surface area contributed by atoms with Gasteiger partial charge in [-0.25, -0.2) is 0 Å². The number of hydrogen-bond acceptors (Lipinski definition) is 2. The van der Waals surface area contributed by atoms with Gasteiger partial charge in [0.2, 0.25) is 0 Å². The summed E-state index contributed by atoms with van der Waals surface area (Å²) in [6.45, 7) is 4.05. The number of allylic oxidation sites excluding steroid dienone is 2. The predicted octanol–water partition coefficient (Wildman–Crippen LogP) is 2.17. The molecule has 0 unspecified atom stereocenters. The number of unbranched alkanes of at least 4 members (excludes halogenated alkanes) is 1. The van der Waals surface area contributed by atoms with Gasteiger partial charge in [0.15, 0.2) is 0 Å². The molecule has 1 saturated carbocycles. The molecule has 2 N–H and O–H groups in total. The maximum Gasteiger partial charge on any atom is 0.0812 e. The Hall–Kier alpha value is 2.71. The molecule has 0 aromatic rings. The van der Waals surface area contributed by atoms with Crippen molar-refractivity contribution in [2.45, 2.75) is 51.7 Å². The van der Waals surface area contributed by atoms with E-state index in [4.69, 9.17) is 0 Å². The fourth-order valence-electron chi connectivity index (χ4n) is 1.86. The number of aliphatic hydroxyl groups is 2. The molecule has 0 spiro atoms. The van der Waals surface area contributed by atoms with E-state index in [9.17, 15) is 10.2 Å². The summed E-state index contributed by atoms with van der Waals surface area (Å²) in [5.41, 5.74) is 1.97. The largest absolute Gasteiger partial charge is 0.388 e. The Morgan fingerprint density at radius 2 is 1.59 bits per heavy atom. The minimum atomic E-state index is -0.475. The van der Waals surface area contributed by atoms with E-state index in [1.165, 1.54) is 0 Å². The third-order valence-corrected chi connectivity index (χ3v) is 2.76. The van der Waals surface area contributed by atoms with Gasteiger partial charge in [0, 0.05) is 98.1 Å². The summed E-state index contributed by atoms with van der Waals surface area (Å²) in [5, 5.41) is 19.6. The third-order valence-electron chi connectivity index (χ3n) is 2.76. The first-order valence-corrected chi connectivity index (χ1v) is 5.39. The van der Waals surface area contributed by atoms with Gasteiger partial charge in [-0.1, -0.05) is 31.1 Å². The van der Waals surface area contributed by atoms with Crippen molar-refractivity contribution in [3.63, 3.8) is 0 Å². The zero-order chi connectivity index (χ0) is 10.6. The van der Waals surface area contributed by atoms with E-state index in [1.54, 1.807) is 0 Å². The van der Waals surface area contributed by atoms with E-state index < -0.39 is 12.2 Å². The van der Waals surface area contributed by atoms with Gasteiger partial charge in [0.1, 0.15) is 0 Å². The molecule has 3 radical (unpaired) electrons. The Balaban J connectivity index is -0.000000653. The summed E-state index contributed by atoms with van der Waals surface area (Å²) in [6.07, 6.45) is 6.39. The SMILES string of the molecule is CC=C1C[C@@H](O)C(=CCCC)[C@H](O)C1.[Y].[Y].[Y]. The average Bonchev–Trinajstić information content (AvgIpc) is 2.16. The standard InChI is InChI=1S/C12H20O2.3Y/c1-3-5-6-10-11(13)7-9(4-2)8-12(10)14;;;/h4,6,11-14H,3,5,7-8H2,1-2H3;;;/t11-,12-;;;/m1.../s1. The van der Waals surface area contributed by atoms with E-state index in [0.717, 1.165) is 24.0 Å². The van der Waals surface area contributed by atoms with Gasteiger partial charge in [-0.3, -0.25) is 0 Å². The second kappa shape index (κ2) is 13.7. The van der Waals surface area contributed by atoms with Crippen LogP contribution >= 0.6 is 0 Å². The molecule has 0 aliphatic heterocycles. The van der Waals surface area contributed by atoms with Crippen LogP contribution in [-0.2, 0) is 98.1 Å². The number of aliphatic hydroxyl groups excluding tert-OH is 2. The summed E-state index contributed by atoms with van der Waals surface area (Å²) in [7, 11) is 0. The fraction of sp³-hybridized carbons (Fsp3) is 0.667. The molecule has 0 aromatic carbocycles. The van der Waals surface area contributed by atoms with Crippen LogP contribution in [0, 0.1) is 0 Å². The van der Waals surface area contributed by atoms with Crippen molar-refractivity contribution in [2.24, 2.45) is 0 Å². The van der Waals surface area contributed by atoms with E-state index in [-0.39, 0.29) is 98.1 Å². The molecule has 0 aromatic heterocycles. The normalized spacial score (nSPS) is 22.8. The van der Waals surface area contributed by atoms with E-state index in [2.05, 4.69) is 6.92 Å². The molecule has 1 aliphatic carbocycles. The van der Waals surface area contributed by atoms with Crippen molar-refractivity contribution in [2.75, 3.05) is 0 Å². The topological polar surface area (TPSA) is 40.5 Å². The first-order chi connectivity index (χ1) is 6.69. The summed E-state index contributed by atoms with van der Waals surface area (Å²) in [6, 6.07) is 0. The van der Waals surface area contributed by atoms with Gasteiger partial charge in [-0.2, -0.15) is 0 Å². The van der Waals surface area contributed by atoms with Crippen LogP contribution in [0.4, 0.5) is 0 Å². The molecule has 0 heterocycles. The van der Waals surface area contributed by atoms with Crippen LogP contribution < -0.4 is 0 Å². The molecular formula is C12H20O2Y3. The molecule has 1 rings (SSSR count). The van der Waals surface area contributed by atoms with Crippen LogP contribution in [0.2, 0.25) is 0 Å². The Labute approximate surface area is 180 Å². The van der Waals surface area contributed by atoms with Crippen LogP contribution in [0.1, 0.15) is 39.5 Å². The van der Waals surface area contributed by atoms with Gasteiger partial charge in [0.05, 0.1) is 12.2 Å². The maximum atomic E-state index is 9.80. The van der Waals surface area contributed by atoms with Crippen LogP contribution in [0.5, 0.6) is 0 Å². The number of rotatable bonds is 2. The van der Waals surface area contributed by atoms with Crippen LogP contribution in [0.3, 0.4) is 0 Å². The molecule has 5 heteroatoms. The maximum absolute atomic E-state index is 9.80. The van der Waals surface area contributed by atoms with Crippen LogP contribution in [0.15, 0.2) is 23.3 Å². The minimum absolute atomic E-state index is 0. The van der Waals surface area contributed by atoms with E-state index in [0.29, 0.717) is 12.8 Å². The molecule has 17 heavy (non-hydrogen) atoms. The molecule has 0 amide bonds. The molecule has 1 aliphatic rings. The van der Waals surface area contributed by atoms with Crippen molar-refractivity contribution in [1.29, 1.82) is 0 Å². The van der Waals surface area contributed by atoms with Gasteiger partial charge < -0.3 is 10.2 Å². The Morgan fingerprint density at radius 3 is 1.94 bits per heavy atom. The first-order valence-electron chi connectivity index (χ1n) is 5.39. The van der Waals surface area contributed by atoms with Crippen molar-refractivity contribution in [3.05, 3.63) is 23.3 Å². The van der Waals surface area contributed by atoms with Gasteiger partial charge in [-0.05, 0) is 31.8 Å². The predicted molar refractivity (Wildman–Crippen MR) is 58.0 cm³/mol. The van der Waals surface area contributed by atoms with Crippen LogP contribution in [-0.4, -0.2) is 22.4 Å². The van der Waals surface area contributed by atoms with Crippen molar-refractivity contribution < 1.29 is 108 Å². The molecule has 0 bridgehead atoms. The first kappa shape index (κ1) is 24.7. The smallest absolute Gasteiger partial charge is 0.0812 e. The van der Waals surface area contributed by atoms with Gasteiger partial charge >= 0.3 is 0 Å². The molecule has 89 valence electrons. The molecular weight excluding hydrogens is 443 g/mol. The van der Waals surface area contributed by atoms with E-state index >= 15 is 0 Å². The summed E-state index contributed by atoms with van der Waals surface area (Å²) in [4.78, 5) is 0. The Morgan fingerprint density at radius 1 is 1.12 bits per heavy atom. The number of hydrogen-bond donors (Lipinski definition) is 2. The Kier molecular flexibility index (Phi) is 19.9. The van der Waals surface area contributed by atoms with Crippen molar-refractivity contribution >= 4 is 0 Å². The monoisotopic (exact) mass is 463 g/mol. The zero-order valence-corrected chi connectivity index (χ0v) is 19.3. The van der Waals surface area contributed by atoms with Crippen LogP contribution in [0.25, 0.3) is 0 Å². The average molecular weight is 463 g/mol. The second-order valence-electron chi connectivity index (χ2n) is 3.88. The van der Waals surface area contributed by atoms with Crippen molar-refractivity contribution in [3.8, 4) is 0 Å². The molecule has 2 nitrogen and oxygen atoms in total. The summed E-state index contributed by atoms with van der Waals surface area (Å²) in [5.74, 6) is 0.